The van der Waals surface area contributed by atoms with E-state index in [4.69, 9.17) is 5.84 Å². The lowest BCUT2D eigenvalue weighted by atomic mass is 10.0. The molecule has 0 radical (unpaired) electrons. The standard InChI is InChI=1S/C13H13BrF2N2S/c1-6-3-4-8(15)10(11(6)16)12(18-17)9-5-7(2)13(14)19-9/h3-5,12,18H,17H2,1-2H3. The molecule has 0 aliphatic rings. The van der Waals surface area contributed by atoms with Crippen LogP contribution in [-0.2, 0) is 0 Å². The van der Waals surface area contributed by atoms with Crippen molar-refractivity contribution in [1.29, 1.82) is 0 Å². The summed E-state index contributed by atoms with van der Waals surface area (Å²) in [6, 6.07) is 3.83. The summed E-state index contributed by atoms with van der Waals surface area (Å²) in [5, 5.41) is 0. The lowest BCUT2D eigenvalue weighted by molar-refractivity contribution is 0.509. The van der Waals surface area contributed by atoms with Gasteiger partial charge in [-0.25, -0.2) is 14.2 Å². The number of hydrogen-bond donors (Lipinski definition) is 2. The maximum atomic E-state index is 14.1. The molecule has 2 rings (SSSR count). The van der Waals surface area contributed by atoms with E-state index < -0.39 is 17.7 Å². The SMILES string of the molecule is Cc1cc(C(NN)c2c(F)ccc(C)c2F)sc1Br. The Morgan fingerprint density at radius 3 is 2.47 bits per heavy atom. The molecule has 2 aromatic rings. The van der Waals surface area contributed by atoms with Crippen LogP contribution in [0.2, 0.25) is 0 Å². The second kappa shape index (κ2) is 5.66. The number of hydrogen-bond acceptors (Lipinski definition) is 3. The molecule has 1 aromatic heterocycles. The lowest BCUT2D eigenvalue weighted by Gasteiger charge is -2.17. The second-order valence-electron chi connectivity index (χ2n) is 4.30. The first-order valence-corrected chi connectivity index (χ1v) is 7.23. The fraction of sp³-hybridized carbons (Fsp3) is 0.231. The zero-order chi connectivity index (χ0) is 14.2. The van der Waals surface area contributed by atoms with Crippen LogP contribution < -0.4 is 11.3 Å². The van der Waals surface area contributed by atoms with Gasteiger partial charge in [-0.3, -0.25) is 5.84 Å². The molecule has 6 heteroatoms. The summed E-state index contributed by atoms with van der Waals surface area (Å²) in [6.07, 6.45) is 0. The van der Waals surface area contributed by atoms with Gasteiger partial charge in [-0.1, -0.05) is 6.07 Å². The highest BCUT2D eigenvalue weighted by Gasteiger charge is 2.24. The molecule has 1 heterocycles. The topological polar surface area (TPSA) is 38.0 Å². The van der Waals surface area contributed by atoms with Crippen LogP contribution in [0, 0.1) is 25.5 Å². The molecule has 0 spiro atoms. The second-order valence-corrected chi connectivity index (χ2v) is 6.70. The molecular weight excluding hydrogens is 334 g/mol. The van der Waals surface area contributed by atoms with E-state index in [0.717, 1.165) is 14.2 Å². The molecule has 3 N–H and O–H groups in total. The summed E-state index contributed by atoms with van der Waals surface area (Å²) in [7, 11) is 0. The van der Waals surface area contributed by atoms with Crippen molar-refractivity contribution >= 4 is 27.3 Å². The third-order valence-electron chi connectivity index (χ3n) is 2.94. The Balaban J connectivity index is 2.57. The van der Waals surface area contributed by atoms with E-state index >= 15 is 0 Å². The summed E-state index contributed by atoms with van der Waals surface area (Å²) >= 11 is 4.81. The van der Waals surface area contributed by atoms with Gasteiger partial charge in [-0.05, 0) is 53.0 Å². The van der Waals surface area contributed by atoms with Gasteiger partial charge in [0.1, 0.15) is 11.6 Å². The van der Waals surface area contributed by atoms with E-state index in [1.807, 2.05) is 13.0 Å². The van der Waals surface area contributed by atoms with Gasteiger partial charge in [0.05, 0.1) is 9.83 Å². The van der Waals surface area contributed by atoms with Crippen LogP contribution in [0.5, 0.6) is 0 Å². The van der Waals surface area contributed by atoms with Crippen LogP contribution in [0.25, 0.3) is 0 Å². The number of hydrazine groups is 1. The average molecular weight is 347 g/mol. The van der Waals surface area contributed by atoms with Crippen molar-refractivity contribution in [2.24, 2.45) is 5.84 Å². The molecule has 0 saturated heterocycles. The number of thiophene rings is 1. The molecule has 0 amide bonds. The van der Waals surface area contributed by atoms with Gasteiger partial charge in [0.25, 0.3) is 0 Å². The molecule has 1 unspecified atom stereocenters. The van der Waals surface area contributed by atoms with Crippen molar-refractivity contribution < 1.29 is 8.78 Å². The Morgan fingerprint density at radius 2 is 1.95 bits per heavy atom. The largest absolute Gasteiger partial charge is 0.271 e. The van der Waals surface area contributed by atoms with Crippen LogP contribution in [-0.4, -0.2) is 0 Å². The number of aryl methyl sites for hydroxylation is 2. The number of rotatable bonds is 3. The summed E-state index contributed by atoms with van der Waals surface area (Å²) in [5.74, 6) is 4.32. The number of nitrogens with one attached hydrogen (secondary N) is 1. The summed E-state index contributed by atoms with van der Waals surface area (Å²) in [6.45, 7) is 3.52. The van der Waals surface area contributed by atoms with Crippen molar-refractivity contribution in [2.75, 3.05) is 0 Å². The average Bonchev–Trinajstić information content (AvgIpc) is 2.70. The first kappa shape index (κ1) is 14.6. The quantitative estimate of drug-likeness (QED) is 0.652. The summed E-state index contributed by atoms with van der Waals surface area (Å²) in [4.78, 5) is 0.760. The Morgan fingerprint density at radius 1 is 1.26 bits per heavy atom. The number of nitrogens with two attached hydrogens (primary N) is 1. The van der Waals surface area contributed by atoms with Gasteiger partial charge in [0, 0.05) is 10.4 Å². The number of halogens is 3. The van der Waals surface area contributed by atoms with Crippen LogP contribution in [0.15, 0.2) is 22.0 Å². The van der Waals surface area contributed by atoms with Crippen molar-refractivity contribution in [2.45, 2.75) is 19.9 Å². The fourth-order valence-corrected chi connectivity index (χ4v) is 3.52. The maximum absolute atomic E-state index is 14.1. The molecule has 0 fully saturated rings. The van der Waals surface area contributed by atoms with Crippen molar-refractivity contribution in [3.63, 3.8) is 0 Å². The molecule has 19 heavy (non-hydrogen) atoms. The lowest BCUT2D eigenvalue weighted by Crippen LogP contribution is -2.30. The monoisotopic (exact) mass is 346 g/mol. The van der Waals surface area contributed by atoms with Crippen LogP contribution >= 0.6 is 27.3 Å². The highest BCUT2D eigenvalue weighted by atomic mass is 79.9. The molecule has 1 atom stereocenters. The van der Waals surface area contributed by atoms with E-state index in [1.165, 1.54) is 23.5 Å². The van der Waals surface area contributed by atoms with Gasteiger partial charge in [0.15, 0.2) is 0 Å². The van der Waals surface area contributed by atoms with E-state index in [1.54, 1.807) is 6.92 Å². The smallest absolute Gasteiger partial charge is 0.134 e. The van der Waals surface area contributed by atoms with E-state index in [9.17, 15) is 8.78 Å². The van der Waals surface area contributed by atoms with Gasteiger partial charge in [-0.2, -0.15) is 0 Å². The van der Waals surface area contributed by atoms with Gasteiger partial charge < -0.3 is 0 Å². The fourth-order valence-electron chi connectivity index (χ4n) is 1.88. The third kappa shape index (κ3) is 2.72. The van der Waals surface area contributed by atoms with Crippen molar-refractivity contribution in [1.82, 2.24) is 5.43 Å². The molecule has 0 aliphatic carbocycles. The summed E-state index contributed by atoms with van der Waals surface area (Å²) in [5.41, 5.74) is 3.85. The Kier molecular flexibility index (Phi) is 4.35. The predicted octanol–water partition coefficient (Wildman–Crippen LogP) is 3.96. The Labute approximate surface area is 122 Å². The van der Waals surface area contributed by atoms with Crippen LogP contribution in [0.3, 0.4) is 0 Å². The van der Waals surface area contributed by atoms with Gasteiger partial charge in [-0.15, -0.1) is 11.3 Å². The Bertz CT molecular complexity index is 593. The van der Waals surface area contributed by atoms with E-state index in [-0.39, 0.29) is 5.56 Å². The minimum atomic E-state index is -0.699. The minimum absolute atomic E-state index is 0.0451. The van der Waals surface area contributed by atoms with Crippen LogP contribution in [0.1, 0.15) is 27.6 Å². The van der Waals surface area contributed by atoms with E-state index in [0.29, 0.717) is 5.56 Å². The van der Waals surface area contributed by atoms with Crippen molar-refractivity contribution in [3.05, 3.63) is 55.2 Å². The molecular formula is C13H13BrF2N2S. The third-order valence-corrected chi connectivity index (χ3v) is 5.14. The van der Waals surface area contributed by atoms with Gasteiger partial charge >= 0.3 is 0 Å². The molecule has 0 aliphatic heterocycles. The molecule has 0 bridgehead atoms. The maximum Gasteiger partial charge on any atom is 0.134 e. The highest BCUT2D eigenvalue weighted by Crippen LogP contribution is 2.36. The molecule has 1 aromatic carbocycles. The van der Waals surface area contributed by atoms with Crippen LogP contribution in [0.4, 0.5) is 8.78 Å². The zero-order valence-electron chi connectivity index (χ0n) is 10.4. The first-order chi connectivity index (χ1) is 8.95. The highest BCUT2D eigenvalue weighted by molar-refractivity contribution is 9.11. The van der Waals surface area contributed by atoms with E-state index in [2.05, 4.69) is 21.4 Å². The normalized spacial score (nSPS) is 12.7. The molecule has 102 valence electrons. The zero-order valence-corrected chi connectivity index (χ0v) is 12.8. The number of benzene rings is 1. The van der Waals surface area contributed by atoms with Crippen molar-refractivity contribution in [3.8, 4) is 0 Å². The molecule has 0 saturated carbocycles. The summed E-state index contributed by atoms with van der Waals surface area (Å²) < 4.78 is 29.0. The predicted molar refractivity (Wildman–Crippen MR) is 77.0 cm³/mol. The Hall–Kier alpha value is -0.820. The minimum Gasteiger partial charge on any atom is -0.271 e. The first-order valence-electron chi connectivity index (χ1n) is 5.62. The van der Waals surface area contributed by atoms with Gasteiger partial charge in [0.2, 0.25) is 0 Å². The molecule has 2 nitrogen and oxygen atoms in total.